The summed E-state index contributed by atoms with van der Waals surface area (Å²) in [6.07, 6.45) is -0.200. The smallest absolute Gasteiger partial charge is 0.410 e. The number of rotatable bonds is 3. The Kier molecular flexibility index (Phi) is 5.41. The molecular weight excluding hydrogens is 230 g/mol. The first-order chi connectivity index (χ1) is 8.31. The van der Waals surface area contributed by atoms with E-state index in [1.165, 1.54) is 0 Å². The van der Waals surface area contributed by atoms with Gasteiger partial charge in [0, 0.05) is 32.7 Å². The van der Waals surface area contributed by atoms with E-state index in [0.717, 1.165) is 32.7 Å². The van der Waals surface area contributed by atoms with Crippen LogP contribution in [0.25, 0.3) is 0 Å². The summed E-state index contributed by atoms with van der Waals surface area (Å²) >= 11 is 0. The molecule has 1 aliphatic heterocycles. The van der Waals surface area contributed by atoms with Gasteiger partial charge < -0.3 is 15.4 Å². The average Bonchev–Trinajstić information content (AvgIpc) is 2.27. The summed E-state index contributed by atoms with van der Waals surface area (Å²) in [5.41, 5.74) is 5.21. The van der Waals surface area contributed by atoms with E-state index in [9.17, 15) is 4.79 Å². The van der Waals surface area contributed by atoms with Crippen LogP contribution < -0.4 is 5.73 Å². The van der Waals surface area contributed by atoms with Crippen LogP contribution in [0.1, 0.15) is 27.7 Å². The van der Waals surface area contributed by atoms with Crippen LogP contribution in [0.2, 0.25) is 0 Å². The zero-order chi connectivity index (χ0) is 13.8. The maximum absolute atomic E-state index is 11.9. The summed E-state index contributed by atoms with van der Waals surface area (Å²) in [6, 6.07) is 0. The minimum Gasteiger partial charge on any atom is -0.444 e. The highest BCUT2D eigenvalue weighted by Gasteiger charge is 2.25. The number of hydrogen-bond acceptors (Lipinski definition) is 4. The highest BCUT2D eigenvalue weighted by atomic mass is 16.6. The van der Waals surface area contributed by atoms with Gasteiger partial charge in [0.25, 0.3) is 0 Å². The molecule has 106 valence electrons. The number of ether oxygens (including phenoxy) is 1. The van der Waals surface area contributed by atoms with Gasteiger partial charge in [0.2, 0.25) is 0 Å². The fourth-order valence-corrected chi connectivity index (χ4v) is 1.95. The third-order valence-electron chi connectivity index (χ3n) is 3.00. The van der Waals surface area contributed by atoms with E-state index in [2.05, 4.69) is 11.8 Å². The van der Waals surface area contributed by atoms with Crippen LogP contribution in [0, 0.1) is 5.92 Å². The first kappa shape index (κ1) is 15.2. The first-order valence-corrected chi connectivity index (χ1v) is 6.72. The molecule has 0 aromatic heterocycles. The molecule has 1 amide bonds. The number of carbonyl (C=O) groups is 1. The van der Waals surface area contributed by atoms with Gasteiger partial charge in [0.05, 0.1) is 0 Å². The predicted octanol–water partition coefficient (Wildman–Crippen LogP) is 1.13. The van der Waals surface area contributed by atoms with Gasteiger partial charge >= 0.3 is 6.09 Å². The van der Waals surface area contributed by atoms with Gasteiger partial charge in [0.1, 0.15) is 5.60 Å². The molecule has 0 aliphatic carbocycles. The maximum Gasteiger partial charge on any atom is 0.410 e. The zero-order valence-electron chi connectivity index (χ0n) is 12.1. The molecule has 1 fully saturated rings. The minimum atomic E-state index is -0.414. The summed E-state index contributed by atoms with van der Waals surface area (Å²) in [5, 5.41) is 0. The molecule has 2 N–H and O–H groups in total. The maximum atomic E-state index is 11.9. The molecule has 0 spiro atoms. The van der Waals surface area contributed by atoms with Crippen molar-refractivity contribution < 1.29 is 9.53 Å². The van der Waals surface area contributed by atoms with Crippen LogP contribution in [0.4, 0.5) is 4.79 Å². The monoisotopic (exact) mass is 257 g/mol. The molecule has 0 bridgehead atoms. The van der Waals surface area contributed by atoms with Gasteiger partial charge in [-0.2, -0.15) is 0 Å². The van der Waals surface area contributed by atoms with Crippen molar-refractivity contribution in [2.45, 2.75) is 33.3 Å². The molecule has 1 unspecified atom stereocenters. The average molecular weight is 257 g/mol. The number of nitrogens with two attached hydrogens (primary N) is 1. The highest BCUT2D eigenvalue weighted by molar-refractivity contribution is 5.68. The lowest BCUT2D eigenvalue weighted by Gasteiger charge is -2.36. The van der Waals surface area contributed by atoms with Crippen molar-refractivity contribution in [3.63, 3.8) is 0 Å². The van der Waals surface area contributed by atoms with E-state index >= 15 is 0 Å². The quantitative estimate of drug-likeness (QED) is 0.823. The number of piperazine rings is 1. The van der Waals surface area contributed by atoms with Gasteiger partial charge in [-0.3, -0.25) is 4.90 Å². The van der Waals surface area contributed by atoms with Crippen molar-refractivity contribution in [3.05, 3.63) is 0 Å². The molecule has 1 heterocycles. The molecule has 1 atom stereocenters. The zero-order valence-corrected chi connectivity index (χ0v) is 12.1. The fraction of sp³-hybridized carbons (Fsp3) is 0.923. The van der Waals surface area contributed by atoms with E-state index < -0.39 is 5.60 Å². The van der Waals surface area contributed by atoms with Crippen LogP contribution in [0.3, 0.4) is 0 Å². The van der Waals surface area contributed by atoms with E-state index in [1.54, 1.807) is 4.90 Å². The predicted molar refractivity (Wildman–Crippen MR) is 72.5 cm³/mol. The lowest BCUT2D eigenvalue weighted by molar-refractivity contribution is 0.0136. The molecule has 0 radical (unpaired) electrons. The normalized spacial score (nSPS) is 19.7. The Morgan fingerprint density at radius 3 is 2.28 bits per heavy atom. The Morgan fingerprint density at radius 1 is 1.28 bits per heavy atom. The van der Waals surface area contributed by atoms with Crippen LogP contribution in [-0.4, -0.2) is 60.8 Å². The largest absolute Gasteiger partial charge is 0.444 e. The van der Waals surface area contributed by atoms with Crippen LogP contribution in [-0.2, 0) is 4.74 Å². The molecular formula is C13H27N3O2. The van der Waals surface area contributed by atoms with Crippen LogP contribution >= 0.6 is 0 Å². The Labute approximate surface area is 110 Å². The molecule has 1 rings (SSSR count). The number of nitrogens with zero attached hydrogens (tertiary/aromatic N) is 2. The lowest BCUT2D eigenvalue weighted by atomic mass is 10.1. The molecule has 18 heavy (non-hydrogen) atoms. The van der Waals surface area contributed by atoms with Crippen LogP contribution in [0.15, 0.2) is 0 Å². The molecule has 0 aromatic carbocycles. The molecule has 5 heteroatoms. The molecule has 1 aliphatic rings. The van der Waals surface area contributed by atoms with E-state index in [4.69, 9.17) is 10.5 Å². The summed E-state index contributed by atoms with van der Waals surface area (Å²) in [7, 11) is 0. The summed E-state index contributed by atoms with van der Waals surface area (Å²) in [5.74, 6) is 0.512. The Hall–Kier alpha value is -0.810. The van der Waals surface area contributed by atoms with Gasteiger partial charge in [-0.1, -0.05) is 6.92 Å². The number of amides is 1. The standard InChI is InChI=1S/C13H27N3O2/c1-11(9-14)10-15-5-7-16(8-6-15)12(17)18-13(2,3)4/h11H,5-10,14H2,1-4H3. The Balaban J connectivity index is 2.33. The third-order valence-corrected chi connectivity index (χ3v) is 3.00. The SMILES string of the molecule is CC(CN)CN1CCN(C(=O)OC(C)(C)C)CC1. The first-order valence-electron chi connectivity index (χ1n) is 6.72. The van der Waals surface area contributed by atoms with Crippen molar-refractivity contribution in [2.24, 2.45) is 11.7 Å². The van der Waals surface area contributed by atoms with Crippen molar-refractivity contribution in [1.29, 1.82) is 0 Å². The highest BCUT2D eigenvalue weighted by Crippen LogP contribution is 2.12. The second-order valence-electron chi connectivity index (χ2n) is 6.11. The molecule has 0 saturated carbocycles. The van der Waals surface area contributed by atoms with Gasteiger partial charge in [-0.05, 0) is 33.2 Å². The van der Waals surface area contributed by atoms with Crippen molar-refractivity contribution in [1.82, 2.24) is 9.80 Å². The van der Waals surface area contributed by atoms with Crippen molar-refractivity contribution in [3.8, 4) is 0 Å². The van der Waals surface area contributed by atoms with E-state index in [-0.39, 0.29) is 6.09 Å². The summed E-state index contributed by atoms with van der Waals surface area (Å²) in [6.45, 7) is 12.9. The van der Waals surface area contributed by atoms with Crippen molar-refractivity contribution >= 4 is 6.09 Å². The fourth-order valence-electron chi connectivity index (χ4n) is 1.95. The lowest BCUT2D eigenvalue weighted by Crippen LogP contribution is -2.51. The third kappa shape index (κ3) is 5.23. The Bertz CT molecular complexity index is 268. The summed E-state index contributed by atoms with van der Waals surface area (Å²) in [4.78, 5) is 16.0. The summed E-state index contributed by atoms with van der Waals surface area (Å²) < 4.78 is 5.36. The van der Waals surface area contributed by atoms with Crippen molar-refractivity contribution in [2.75, 3.05) is 39.3 Å². The molecule has 5 nitrogen and oxygen atoms in total. The minimum absolute atomic E-state index is 0.200. The number of hydrogen-bond donors (Lipinski definition) is 1. The topological polar surface area (TPSA) is 58.8 Å². The van der Waals surface area contributed by atoms with Gasteiger partial charge in [-0.25, -0.2) is 4.79 Å². The second-order valence-corrected chi connectivity index (χ2v) is 6.11. The van der Waals surface area contributed by atoms with Gasteiger partial charge in [-0.15, -0.1) is 0 Å². The van der Waals surface area contributed by atoms with Gasteiger partial charge in [0.15, 0.2) is 0 Å². The Morgan fingerprint density at radius 2 is 1.83 bits per heavy atom. The van der Waals surface area contributed by atoms with Crippen LogP contribution in [0.5, 0.6) is 0 Å². The molecule has 0 aromatic rings. The number of carbonyl (C=O) groups excluding carboxylic acids is 1. The molecule has 1 saturated heterocycles. The van der Waals surface area contributed by atoms with E-state index in [0.29, 0.717) is 12.5 Å². The second kappa shape index (κ2) is 6.38. The van der Waals surface area contributed by atoms with E-state index in [1.807, 2.05) is 20.8 Å².